The monoisotopic (exact) mass is 459 g/mol. The van der Waals surface area contributed by atoms with Crippen LogP contribution in [0.15, 0.2) is 24.3 Å². The molecule has 0 saturated carbocycles. The van der Waals surface area contributed by atoms with Crippen molar-refractivity contribution >= 4 is 25.3 Å². The van der Waals surface area contributed by atoms with Gasteiger partial charge < -0.3 is 14.4 Å². The van der Waals surface area contributed by atoms with Gasteiger partial charge in [-0.05, 0) is 36.8 Å². The Morgan fingerprint density at radius 3 is 1.97 bits per heavy atom. The Kier molecular flexibility index (Phi) is 10.1. The molecule has 0 aliphatic rings. The Bertz CT molecular complexity index is 813. The molecule has 1 aromatic rings. The Hall–Kier alpha value is -2.49. The molecule has 0 fully saturated rings. The normalized spacial score (nSPS) is 15.2. The molecule has 11 nitrogen and oxygen atoms in total. The van der Waals surface area contributed by atoms with Crippen LogP contribution in [0.5, 0.6) is 5.75 Å². The number of carboxylic acids is 1. The van der Waals surface area contributed by atoms with Crippen LogP contribution in [0.2, 0.25) is 0 Å². The average Bonchev–Trinajstić information content (AvgIpc) is 2.65. The SMILES string of the molecule is COC(=O)[C@H](CC(C)C)NP(=O)(N[C@@H](CC(C)C)C(=O)O)Oc1ccc([N+](=O)[O-])cc1. The summed E-state index contributed by atoms with van der Waals surface area (Å²) >= 11 is 0. The van der Waals surface area contributed by atoms with Crippen LogP contribution in [0.1, 0.15) is 40.5 Å². The molecule has 0 bridgehead atoms. The van der Waals surface area contributed by atoms with Crippen LogP contribution < -0.4 is 14.7 Å². The second-order valence-corrected chi connectivity index (χ2v) is 9.68. The third-order valence-corrected chi connectivity index (χ3v) is 5.90. The molecule has 0 amide bonds. The van der Waals surface area contributed by atoms with Gasteiger partial charge in [-0.2, -0.15) is 0 Å². The number of esters is 1. The molecule has 1 aromatic carbocycles. The van der Waals surface area contributed by atoms with Gasteiger partial charge in [-0.25, -0.2) is 14.7 Å². The maximum absolute atomic E-state index is 13.7. The van der Waals surface area contributed by atoms with E-state index in [1.54, 1.807) is 0 Å². The van der Waals surface area contributed by atoms with Crippen molar-refractivity contribution in [2.75, 3.05) is 7.11 Å². The van der Waals surface area contributed by atoms with Crippen molar-refractivity contribution in [3.8, 4) is 5.75 Å². The molecule has 0 spiro atoms. The van der Waals surface area contributed by atoms with Crippen LogP contribution in [0.25, 0.3) is 0 Å². The van der Waals surface area contributed by atoms with E-state index in [4.69, 9.17) is 9.26 Å². The second kappa shape index (κ2) is 11.8. The number of ether oxygens (including phenoxy) is 1. The molecule has 0 heterocycles. The summed E-state index contributed by atoms with van der Waals surface area (Å²) < 4.78 is 24.0. The Labute approximate surface area is 181 Å². The maximum atomic E-state index is 13.7. The Morgan fingerprint density at radius 1 is 1.06 bits per heavy atom. The average molecular weight is 459 g/mol. The minimum atomic E-state index is -4.18. The van der Waals surface area contributed by atoms with Gasteiger partial charge in [0.15, 0.2) is 0 Å². The van der Waals surface area contributed by atoms with E-state index < -0.39 is 36.6 Å². The van der Waals surface area contributed by atoms with Crippen molar-refractivity contribution in [3.05, 3.63) is 34.4 Å². The largest absolute Gasteiger partial charge is 0.480 e. The lowest BCUT2D eigenvalue weighted by Crippen LogP contribution is -2.45. The number of nitro benzene ring substituents is 1. The number of nitrogens with zero attached hydrogens (tertiary/aromatic N) is 1. The summed E-state index contributed by atoms with van der Waals surface area (Å²) in [4.78, 5) is 34.2. The molecule has 31 heavy (non-hydrogen) atoms. The highest BCUT2D eigenvalue weighted by Gasteiger charge is 2.37. The highest BCUT2D eigenvalue weighted by Crippen LogP contribution is 2.41. The summed E-state index contributed by atoms with van der Waals surface area (Å²) in [6.45, 7) is 7.32. The zero-order valence-electron chi connectivity index (χ0n) is 18.2. The Morgan fingerprint density at radius 2 is 1.55 bits per heavy atom. The van der Waals surface area contributed by atoms with E-state index in [-0.39, 0.29) is 36.1 Å². The van der Waals surface area contributed by atoms with E-state index in [1.165, 1.54) is 19.2 Å². The van der Waals surface area contributed by atoms with E-state index in [1.807, 2.05) is 27.7 Å². The first-order valence-corrected chi connectivity index (χ1v) is 11.4. The molecule has 0 radical (unpaired) electrons. The zero-order valence-corrected chi connectivity index (χ0v) is 19.1. The maximum Gasteiger partial charge on any atom is 0.391 e. The number of carboxylic acid groups (broad SMARTS) is 1. The van der Waals surface area contributed by atoms with Gasteiger partial charge in [0.05, 0.1) is 12.0 Å². The van der Waals surface area contributed by atoms with Crippen LogP contribution >= 0.6 is 7.67 Å². The molecule has 1 unspecified atom stereocenters. The summed E-state index contributed by atoms with van der Waals surface area (Å²) in [6, 6.07) is 2.54. The van der Waals surface area contributed by atoms with Crippen LogP contribution in [0.4, 0.5) is 5.69 Å². The lowest BCUT2D eigenvalue weighted by atomic mass is 10.1. The van der Waals surface area contributed by atoms with Gasteiger partial charge in [0.2, 0.25) is 0 Å². The number of hydrogen-bond acceptors (Lipinski definition) is 7. The van der Waals surface area contributed by atoms with Gasteiger partial charge in [0, 0.05) is 12.1 Å². The summed E-state index contributed by atoms with van der Waals surface area (Å²) in [7, 11) is -2.99. The molecular weight excluding hydrogens is 429 g/mol. The van der Waals surface area contributed by atoms with Gasteiger partial charge in [-0.3, -0.25) is 19.7 Å². The Balaban J connectivity index is 3.28. The molecule has 0 aliphatic carbocycles. The molecule has 0 aromatic heterocycles. The van der Waals surface area contributed by atoms with Crippen molar-refractivity contribution in [1.82, 2.24) is 10.2 Å². The minimum absolute atomic E-state index is 0.00391. The number of hydrogen-bond donors (Lipinski definition) is 3. The smallest absolute Gasteiger partial charge is 0.391 e. The van der Waals surface area contributed by atoms with Gasteiger partial charge in [-0.1, -0.05) is 27.7 Å². The van der Waals surface area contributed by atoms with Gasteiger partial charge in [0.1, 0.15) is 17.8 Å². The third kappa shape index (κ3) is 9.04. The lowest BCUT2D eigenvalue weighted by Gasteiger charge is -2.28. The second-order valence-electron chi connectivity index (χ2n) is 7.88. The molecule has 1 rings (SSSR count). The molecule has 174 valence electrons. The van der Waals surface area contributed by atoms with Crippen molar-refractivity contribution in [2.45, 2.75) is 52.6 Å². The third-order valence-electron chi connectivity index (χ3n) is 4.13. The number of non-ortho nitro benzene ring substituents is 1. The van der Waals surface area contributed by atoms with E-state index in [0.29, 0.717) is 0 Å². The number of rotatable bonds is 13. The number of methoxy groups -OCH3 is 1. The summed E-state index contributed by atoms with van der Waals surface area (Å²) in [5, 5.41) is 25.5. The fourth-order valence-electron chi connectivity index (χ4n) is 2.77. The summed E-state index contributed by atoms with van der Waals surface area (Å²) in [5.41, 5.74) is -0.196. The fraction of sp³-hybridized carbons (Fsp3) is 0.579. The summed E-state index contributed by atoms with van der Waals surface area (Å²) in [6.07, 6.45) is 0.404. The highest BCUT2D eigenvalue weighted by atomic mass is 31.2. The first-order chi connectivity index (χ1) is 14.4. The van der Waals surface area contributed by atoms with Crippen LogP contribution in [0, 0.1) is 22.0 Å². The first-order valence-electron chi connectivity index (χ1n) is 9.77. The van der Waals surface area contributed by atoms with Gasteiger partial charge >= 0.3 is 19.6 Å². The van der Waals surface area contributed by atoms with E-state index in [2.05, 4.69) is 10.2 Å². The van der Waals surface area contributed by atoms with Gasteiger partial charge in [0.25, 0.3) is 5.69 Å². The predicted molar refractivity (Wildman–Crippen MR) is 114 cm³/mol. The summed E-state index contributed by atoms with van der Waals surface area (Å²) in [5.74, 6) is -1.93. The van der Waals surface area contributed by atoms with E-state index in [9.17, 15) is 29.4 Å². The number of carbonyl (C=O) groups is 2. The molecular formula is C19H30N3O8P. The molecule has 0 aliphatic heterocycles. The predicted octanol–water partition coefficient (Wildman–Crippen LogP) is 3.35. The van der Waals surface area contributed by atoms with Crippen molar-refractivity contribution in [3.63, 3.8) is 0 Å². The van der Waals surface area contributed by atoms with Crippen LogP contribution in [0.3, 0.4) is 0 Å². The van der Waals surface area contributed by atoms with E-state index in [0.717, 1.165) is 12.1 Å². The molecule has 3 N–H and O–H groups in total. The van der Waals surface area contributed by atoms with Gasteiger partial charge in [-0.15, -0.1) is 0 Å². The van der Waals surface area contributed by atoms with E-state index >= 15 is 0 Å². The van der Waals surface area contributed by atoms with Crippen molar-refractivity contribution in [1.29, 1.82) is 0 Å². The lowest BCUT2D eigenvalue weighted by molar-refractivity contribution is -0.384. The number of nitro groups is 1. The molecule has 0 saturated heterocycles. The van der Waals surface area contributed by atoms with Crippen molar-refractivity contribution < 1.29 is 33.4 Å². The molecule has 12 heteroatoms. The number of benzene rings is 1. The topological polar surface area (TPSA) is 157 Å². The standard InChI is InChI=1S/C19H30N3O8P/c1-12(2)10-16(18(23)24)20-31(28,21-17(11-13(3)4)19(25)29-5)30-15-8-6-14(7-9-15)22(26)27/h6-9,12-13,16-17H,10-11H2,1-5H3,(H,23,24)(H2,20,21,28)/t16-,17-,31?/m0/s1. The number of carbonyl (C=O) groups excluding carboxylic acids is 1. The minimum Gasteiger partial charge on any atom is -0.480 e. The van der Waals surface area contributed by atoms with Crippen LogP contribution in [-0.2, 0) is 18.9 Å². The van der Waals surface area contributed by atoms with Crippen molar-refractivity contribution in [2.24, 2.45) is 11.8 Å². The quantitative estimate of drug-likeness (QED) is 0.173. The zero-order chi connectivity index (χ0) is 23.8. The highest BCUT2D eigenvalue weighted by molar-refractivity contribution is 7.55. The fourth-order valence-corrected chi connectivity index (χ4v) is 4.62. The first kappa shape index (κ1) is 26.5. The van der Waals surface area contributed by atoms with Crippen LogP contribution in [-0.4, -0.2) is 41.2 Å². The molecule has 3 atom stereocenters. The number of aliphatic carboxylic acids is 1. The number of nitrogens with one attached hydrogen (secondary N) is 2.